The predicted octanol–water partition coefficient (Wildman–Crippen LogP) is 7.52. The number of carbonyl (C=O) groups excluding carboxylic acids is 1. The van der Waals surface area contributed by atoms with E-state index < -0.39 is 28.9 Å². The molecule has 4 N–H and O–H groups in total. The molecule has 0 radical (unpaired) electrons. The number of nitrogens with zero attached hydrogens (tertiary/aromatic N) is 2. The van der Waals surface area contributed by atoms with Crippen molar-refractivity contribution in [1.29, 1.82) is 0 Å². The zero-order valence-electron chi connectivity index (χ0n) is 22.9. The Labute approximate surface area is 250 Å². The highest BCUT2D eigenvalue weighted by atomic mass is 32.2. The second-order valence-corrected chi connectivity index (χ2v) is 11.5. The Morgan fingerprint density at radius 2 is 1.79 bits per heavy atom. The van der Waals surface area contributed by atoms with Gasteiger partial charge in [-0.15, -0.1) is 0 Å². The highest BCUT2D eigenvalue weighted by Crippen LogP contribution is 2.47. The van der Waals surface area contributed by atoms with Crippen LogP contribution in [0.3, 0.4) is 0 Å². The summed E-state index contributed by atoms with van der Waals surface area (Å²) < 4.78 is 58.2. The summed E-state index contributed by atoms with van der Waals surface area (Å²) in [6.45, 7) is 1.47. The van der Waals surface area contributed by atoms with Gasteiger partial charge in [-0.05, 0) is 85.3 Å². The number of rotatable bonds is 4. The van der Waals surface area contributed by atoms with Crippen molar-refractivity contribution >= 4 is 41.0 Å². The number of alkyl halides is 3. The topological polar surface area (TPSA) is 91.0 Å². The third-order valence-electron chi connectivity index (χ3n) is 7.72. The maximum atomic E-state index is 14.8. The molecule has 7 nitrogen and oxygen atoms in total. The summed E-state index contributed by atoms with van der Waals surface area (Å²) in [5, 5.41) is 9.44. The molecule has 2 aliphatic rings. The van der Waals surface area contributed by atoms with Gasteiger partial charge in [-0.25, -0.2) is 9.37 Å². The number of fused-ring (bicyclic) bond motifs is 4. The van der Waals surface area contributed by atoms with E-state index in [1.165, 1.54) is 0 Å². The summed E-state index contributed by atoms with van der Waals surface area (Å²) in [5.74, 6) is -0.262. The van der Waals surface area contributed by atoms with Crippen molar-refractivity contribution in [2.24, 2.45) is 0 Å². The molecule has 1 aliphatic heterocycles. The first-order valence-electron chi connectivity index (χ1n) is 13.9. The third kappa shape index (κ3) is 6.16. The summed E-state index contributed by atoms with van der Waals surface area (Å²) >= 11 is 1.57. The highest BCUT2D eigenvalue weighted by Gasteiger charge is 2.48. The number of amides is 1. The molecule has 222 valence electrons. The molecule has 0 atom stereocenters. The minimum atomic E-state index is -4.64. The van der Waals surface area contributed by atoms with Gasteiger partial charge in [0, 0.05) is 46.7 Å². The van der Waals surface area contributed by atoms with Crippen LogP contribution in [0.2, 0.25) is 0 Å². The van der Waals surface area contributed by atoms with Gasteiger partial charge in [0.1, 0.15) is 11.6 Å². The Bertz CT molecular complexity index is 1640. The minimum Gasteiger partial charge on any atom is -0.369 e. The molecule has 0 unspecified atom stereocenters. The molecule has 0 spiro atoms. The van der Waals surface area contributed by atoms with Crippen molar-refractivity contribution < 1.29 is 22.4 Å². The quantitative estimate of drug-likeness (QED) is 0.141. The van der Waals surface area contributed by atoms with Crippen LogP contribution in [-0.4, -0.2) is 29.0 Å². The molecule has 1 aromatic heterocycles. The number of aromatic nitrogens is 2. The molecule has 3 aromatic carbocycles. The van der Waals surface area contributed by atoms with Gasteiger partial charge < -0.3 is 16.0 Å². The molecule has 4 bridgehead atoms. The average molecular weight is 609 g/mol. The Morgan fingerprint density at radius 1 is 0.977 bits per heavy atom. The van der Waals surface area contributed by atoms with Gasteiger partial charge in [-0.2, -0.15) is 18.2 Å². The Balaban J connectivity index is 1.23. The van der Waals surface area contributed by atoms with Gasteiger partial charge in [0.05, 0.1) is 11.0 Å². The van der Waals surface area contributed by atoms with Crippen LogP contribution in [0, 0.1) is 5.82 Å². The van der Waals surface area contributed by atoms with Crippen LogP contribution in [0.1, 0.15) is 36.8 Å². The smallest absolute Gasteiger partial charge is 0.369 e. The first-order chi connectivity index (χ1) is 20.7. The van der Waals surface area contributed by atoms with Gasteiger partial charge in [0.2, 0.25) is 11.9 Å². The Kier molecular flexibility index (Phi) is 7.97. The van der Waals surface area contributed by atoms with Gasteiger partial charge >= 0.3 is 6.18 Å². The summed E-state index contributed by atoms with van der Waals surface area (Å²) in [6.07, 6.45) is -0.912. The van der Waals surface area contributed by atoms with E-state index in [0.717, 1.165) is 46.8 Å². The molecule has 43 heavy (non-hydrogen) atoms. The van der Waals surface area contributed by atoms with Crippen LogP contribution in [0.4, 0.5) is 40.7 Å². The van der Waals surface area contributed by atoms with E-state index in [1.807, 2.05) is 24.3 Å². The van der Waals surface area contributed by atoms with Gasteiger partial charge in [0.15, 0.2) is 0 Å². The average Bonchev–Trinajstić information content (AvgIpc) is 2.96. The second-order valence-electron chi connectivity index (χ2n) is 10.5. The van der Waals surface area contributed by atoms with Crippen molar-refractivity contribution in [1.82, 2.24) is 14.7 Å². The Morgan fingerprint density at radius 3 is 2.53 bits per heavy atom. The SMILES string of the molecule is O=C(Nc1ccc(-c2cnc3nc2NCCCNSc2cccc(c2)N3)cc1)C1(c2cc(C(F)(F)F)ccc2F)CCC1. The van der Waals surface area contributed by atoms with Crippen LogP contribution in [0.15, 0.2) is 77.8 Å². The van der Waals surface area contributed by atoms with E-state index in [9.17, 15) is 22.4 Å². The first-order valence-corrected chi connectivity index (χ1v) is 14.7. The minimum absolute atomic E-state index is 0.222. The lowest BCUT2D eigenvalue weighted by Crippen LogP contribution is -2.46. The third-order valence-corrected chi connectivity index (χ3v) is 8.56. The fourth-order valence-corrected chi connectivity index (χ4v) is 6.00. The van der Waals surface area contributed by atoms with Gasteiger partial charge in [0.25, 0.3) is 0 Å². The lowest BCUT2D eigenvalue weighted by molar-refractivity contribution is -0.138. The first kappa shape index (κ1) is 28.9. The normalized spacial score (nSPS) is 16.3. The van der Waals surface area contributed by atoms with E-state index in [2.05, 4.69) is 25.7 Å². The molecule has 4 aromatic rings. The molecule has 12 heteroatoms. The van der Waals surface area contributed by atoms with Gasteiger partial charge in [-0.1, -0.05) is 24.6 Å². The van der Waals surface area contributed by atoms with Gasteiger partial charge in [-0.3, -0.25) is 9.52 Å². The van der Waals surface area contributed by atoms with E-state index in [0.29, 0.717) is 36.5 Å². The molecule has 1 aliphatic carbocycles. The van der Waals surface area contributed by atoms with Crippen molar-refractivity contribution in [2.75, 3.05) is 29.0 Å². The van der Waals surface area contributed by atoms with Crippen LogP contribution in [-0.2, 0) is 16.4 Å². The summed E-state index contributed by atoms with van der Waals surface area (Å²) in [7, 11) is 0. The second kappa shape index (κ2) is 11.8. The van der Waals surface area contributed by atoms with Crippen molar-refractivity contribution in [3.63, 3.8) is 0 Å². The molecule has 6 rings (SSSR count). The number of hydrogen-bond donors (Lipinski definition) is 4. The number of anilines is 4. The van der Waals surface area contributed by atoms with E-state index >= 15 is 0 Å². The lowest BCUT2D eigenvalue weighted by atomic mass is 9.63. The zero-order valence-corrected chi connectivity index (χ0v) is 23.7. The molecule has 1 fully saturated rings. The number of benzene rings is 3. The molecule has 1 saturated carbocycles. The molecule has 1 amide bonds. The molecular formula is C31H28F4N6OS. The molecular weight excluding hydrogens is 580 g/mol. The molecule has 0 saturated heterocycles. The fraction of sp³-hybridized carbons (Fsp3) is 0.258. The Hall–Kier alpha value is -4.16. The largest absolute Gasteiger partial charge is 0.416 e. The van der Waals surface area contributed by atoms with Crippen LogP contribution >= 0.6 is 11.9 Å². The number of hydrogen-bond acceptors (Lipinski definition) is 7. The van der Waals surface area contributed by atoms with Crippen molar-refractivity contribution in [3.05, 3.63) is 89.9 Å². The highest BCUT2D eigenvalue weighted by molar-refractivity contribution is 7.97. The summed E-state index contributed by atoms with van der Waals surface area (Å²) in [5.41, 5.74) is 0.315. The van der Waals surface area contributed by atoms with E-state index in [-0.39, 0.29) is 18.4 Å². The van der Waals surface area contributed by atoms with E-state index in [1.54, 1.807) is 42.4 Å². The van der Waals surface area contributed by atoms with Crippen LogP contribution < -0.4 is 20.7 Å². The number of carbonyl (C=O) groups is 1. The zero-order chi connectivity index (χ0) is 30.0. The van der Waals surface area contributed by atoms with Crippen LogP contribution in [0.5, 0.6) is 0 Å². The fourth-order valence-electron chi connectivity index (χ4n) is 5.26. The standard InChI is InChI=1S/C31H28F4N6OS/c32-26-11-8-20(31(33,34)35)16-25(26)30(12-2-13-30)28(42)39-21-9-6-19(7-10-21)24-18-37-29-40-22-4-1-5-23(17-22)43-38-15-3-14-36-27(24)41-29/h1,4-11,16-18,38H,2-3,12-15H2,(H,39,42)(H2,36,37,40,41). The summed E-state index contributed by atoms with van der Waals surface area (Å²) in [4.78, 5) is 23.7. The van der Waals surface area contributed by atoms with Crippen molar-refractivity contribution in [3.8, 4) is 11.1 Å². The van der Waals surface area contributed by atoms with E-state index in [4.69, 9.17) is 4.98 Å². The van der Waals surface area contributed by atoms with Crippen molar-refractivity contribution in [2.45, 2.75) is 42.2 Å². The molecule has 2 heterocycles. The van der Waals surface area contributed by atoms with Crippen LogP contribution in [0.25, 0.3) is 11.1 Å². The lowest BCUT2D eigenvalue weighted by Gasteiger charge is -2.41. The predicted molar refractivity (Wildman–Crippen MR) is 160 cm³/mol. The summed E-state index contributed by atoms with van der Waals surface area (Å²) in [6, 6.07) is 17.2. The monoisotopic (exact) mass is 608 g/mol. The number of nitrogens with one attached hydrogen (secondary N) is 4. The maximum absolute atomic E-state index is 14.8. The maximum Gasteiger partial charge on any atom is 0.416 e. The number of halogens is 4.